The summed E-state index contributed by atoms with van der Waals surface area (Å²) in [7, 11) is 0. The predicted molar refractivity (Wildman–Crippen MR) is 65.7 cm³/mol. The Morgan fingerprint density at radius 1 is 1.38 bits per heavy atom. The van der Waals surface area contributed by atoms with Crippen molar-refractivity contribution < 1.29 is 4.74 Å². The van der Waals surface area contributed by atoms with Crippen LogP contribution in [-0.4, -0.2) is 22.6 Å². The van der Waals surface area contributed by atoms with Crippen molar-refractivity contribution in [1.29, 1.82) is 0 Å². The Balaban J connectivity index is 1.97. The second kappa shape index (κ2) is 4.18. The van der Waals surface area contributed by atoms with Crippen LogP contribution in [-0.2, 0) is 4.74 Å². The van der Waals surface area contributed by atoms with Crippen molar-refractivity contribution in [2.24, 2.45) is 0 Å². The average Bonchev–Trinajstić information content (AvgIpc) is 2.73. The second-order valence-electron chi connectivity index (χ2n) is 4.19. The molecule has 4 heteroatoms. The zero-order valence-electron chi connectivity index (χ0n) is 8.90. The summed E-state index contributed by atoms with van der Waals surface area (Å²) in [6.07, 6.45) is 6.47. The van der Waals surface area contributed by atoms with Gasteiger partial charge in [0.15, 0.2) is 0 Å². The Morgan fingerprint density at radius 2 is 2.31 bits per heavy atom. The summed E-state index contributed by atoms with van der Waals surface area (Å²) in [5.41, 5.74) is 2.15. The van der Waals surface area contributed by atoms with E-state index in [1.807, 2.05) is 18.3 Å². The van der Waals surface area contributed by atoms with E-state index < -0.39 is 0 Å². The summed E-state index contributed by atoms with van der Waals surface area (Å²) in [6.45, 7) is 1.71. The van der Waals surface area contributed by atoms with Crippen LogP contribution in [0.5, 0.6) is 0 Å². The van der Waals surface area contributed by atoms with Gasteiger partial charge < -0.3 is 9.14 Å². The van der Waals surface area contributed by atoms with Crippen molar-refractivity contribution in [1.82, 2.24) is 9.38 Å². The molecule has 84 valence electrons. The number of nitrogens with zero attached hydrogens (tertiary/aromatic N) is 2. The molecule has 1 atom stereocenters. The molecule has 0 N–H and O–H groups in total. The van der Waals surface area contributed by atoms with E-state index in [-0.39, 0.29) is 0 Å². The topological polar surface area (TPSA) is 26.5 Å². The minimum Gasteiger partial charge on any atom is -0.381 e. The number of fused-ring (bicyclic) bond motifs is 1. The zero-order chi connectivity index (χ0) is 11.0. The fourth-order valence-corrected chi connectivity index (χ4v) is 2.51. The van der Waals surface area contributed by atoms with Crippen LogP contribution in [0.25, 0.3) is 5.65 Å². The first-order chi connectivity index (χ1) is 7.83. The van der Waals surface area contributed by atoms with Gasteiger partial charge >= 0.3 is 0 Å². The molecule has 0 aromatic carbocycles. The largest absolute Gasteiger partial charge is 0.381 e. The average molecular weight is 281 g/mol. The molecule has 1 fully saturated rings. The molecule has 0 radical (unpaired) electrons. The van der Waals surface area contributed by atoms with Crippen LogP contribution in [0.1, 0.15) is 24.5 Å². The Labute approximate surface area is 103 Å². The molecule has 2 aromatic heterocycles. The standard InChI is InChI=1S/C12H13BrN2O/c13-10-3-4-12-14-11(7-15(12)6-10)9-2-1-5-16-8-9/h3-4,6-7,9H,1-2,5,8H2. The first-order valence-corrected chi connectivity index (χ1v) is 6.34. The van der Waals surface area contributed by atoms with Crippen LogP contribution in [0.2, 0.25) is 0 Å². The summed E-state index contributed by atoms with van der Waals surface area (Å²) in [6, 6.07) is 4.04. The van der Waals surface area contributed by atoms with Crippen molar-refractivity contribution in [3.63, 3.8) is 0 Å². The number of hydrogen-bond acceptors (Lipinski definition) is 2. The van der Waals surface area contributed by atoms with E-state index in [0.717, 1.165) is 35.4 Å². The van der Waals surface area contributed by atoms with Crippen molar-refractivity contribution in [2.45, 2.75) is 18.8 Å². The third-order valence-corrected chi connectivity index (χ3v) is 3.48. The first-order valence-electron chi connectivity index (χ1n) is 5.55. The molecule has 0 spiro atoms. The van der Waals surface area contributed by atoms with Crippen LogP contribution >= 0.6 is 15.9 Å². The third kappa shape index (κ3) is 1.87. The van der Waals surface area contributed by atoms with Crippen LogP contribution in [0.3, 0.4) is 0 Å². The Bertz CT molecular complexity index is 503. The monoisotopic (exact) mass is 280 g/mol. The number of aromatic nitrogens is 2. The Kier molecular flexibility index (Phi) is 2.69. The highest BCUT2D eigenvalue weighted by Crippen LogP contribution is 2.25. The molecule has 1 aliphatic heterocycles. The van der Waals surface area contributed by atoms with Gasteiger partial charge in [-0.05, 0) is 40.9 Å². The Morgan fingerprint density at radius 3 is 3.12 bits per heavy atom. The number of hydrogen-bond donors (Lipinski definition) is 0. The normalized spacial score (nSPS) is 21.4. The molecule has 0 saturated carbocycles. The minimum atomic E-state index is 0.465. The lowest BCUT2D eigenvalue weighted by Crippen LogP contribution is -2.15. The molecule has 3 rings (SSSR count). The molecule has 0 aliphatic carbocycles. The van der Waals surface area contributed by atoms with Gasteiger partial charge in [0, 0.05) is 29.4 Å². The maximum atomic E-state index is 5.50. The highest BCUT2D eigenvalue weighted by atomic mass is 79.9. The fraction of sp³-hybridized carbons (Fsp3) is 0.417. The van der Waals surface area contributed by atoms with Crippen LogP contribution in [0.15, 0.2) is 29.0 Å². The minimum absolute atomic E-state index is 0.465. The maximum Gasteiger partial charge on any atom is 0.137 e. The predicted octanol–water partition coefficient (Wildman–Crippen LogP) is 2.99. The Hall–Kier alpha value is -0.870. The van der Waals surface area contributed by atoms with Gasteiger partial charge in [0.05, 0.1) is 12.3 Å². The number of ether oxygens (including phenoxy) is 1. The number of rotatable bonds is 1. The number of halogens is 1. The summed E-state index contributed by atoms with van der Waals surface area (Å²) < 4.78 is 8.63. The second-order valence-corrected chi connectivity index (χ2v) is 5.11. The van der Waals surface area contributed by atoms with Gasteiger partial charge in [0.1, 0.15) is 5.65 Å². The van der Waals surface area contributed by atoms with Crippen molar-refractivity contribution in [3.05, 3.63) is 34.7 Å². The lowest BCUT2D eigenvalue weighted by atomic mass is 9.99. The summed E-state index contributed by atoms with van der Waals surface area (Å²) in [4.78, 5) is 4.64. The molecule has 3 nitrogen and oxygen atoms in total. The van der Waals surface area contributed by atoms with Crippen molar-refractivity contribution in [2.75, 3.05) is 13.2 Å². The van der Waals surface area contributed by atoms with E-state index in [1.165, 1.54) is 6.42 Å². The van der Waals surface area contributed by atoms with Gasteiger partial charge in [-0.15, -0.1) is 0 Å². The lowest BCUT2D eigenvalue weighted by Gasteiger charge is -2.19. The lowest BCUT2D eigenvalue weighted by molar-refractivity contribution is 0.0794. The number of pyridine rings is 1. The number of imidazole rings is 1. The van der Waals surface area contributed by atoms with E-state index in [9.17, 15) is 0 Å². The summed E-state index contributed by atoms with van der Waals surface area (Å²) >= 11 is 3.46. The SMILES string of the molecule is Brc1ccc2nc(C3CCCOC3)cn2c1. The van der Waals surface area contributed by atoms with Crippen LogP contribution < -0.4 is 0 Å². The molecule has 0 bridgehead atoms. The van der Waals surface area contributed by atoms with E-state index in [4.69, 9.17) is 4.74 Å². The van der Waals surface area contributed by atoms with Crippen LogP contribution in [0, 0.1) is 0 Å². The van der Waals surface area contributed by atoms with E-state index in [2.05, 4.69) is 31.5 Å². The highest BCUT2D eigenvalue weighted by molar-refractivity contribution is 9.10. The van der Waals surface area contributed by atoms with Gasteiger partial charge in [-0.3, -0.25) is 0 Å². The highest BCUT2D eigenvalue weighted by Gasteiger charge is 2.18. The fourth-order valence-electron chi connectivity index (χ4n) is 2.15. The molecule has 16 heavy (non-hydrogen) atoms. The van der Waals surface area contributed by atoms with Crippen molar-refractivity contribution in [3.8, 4) is 0 Å². The first kappa shape index (κ1) is 10.3. The molecule has 0 amide bonds. The maximum absolute atomic E-state index is 5.50. The van der Waals surface area contributed by atoms with Gasteiger partial charge in [0.2, 0.25) is 0 Å². The van der Waals surface area contributed by atoms with Gasteiger partial charge in [-0.1, -0.05) is 0 Å². The molecule has 1 saturated heterocycles. The molecule has 1 aliphatic rings. The van der Waals surface area contributed by atoms with E-state index in [1.54, 1.807) is 0 Å². The quantitative estimate of drug-likeness (QED) is 0.803. The molecular weight excluding hydrogens is 268 g/mol. The summed E-state index contributed by atoms with van der Waals surface area (Å²) in [5.74, 6) is 0.465. The molecular formula is C12H13BrN2O. The third-order valence-electron chi connectivity index (χ3n) is 3.01. The van der Waals surface area contributed by atoms with Gasteiger partial charge in [-0.25, -0.2) is 4.98 Å². The molecule has 3 heterocycles. The van der Waals surface area contributed by atoms with Gasteiger partial charge in [0.25, 0.3) is 0 Å². The molecule has 2 aromatic rings. The van der Waals surface area contributed by atoms with Gasteiger partial charge in [-0.2, -0.15) is 0 Å². The summed E-state index contributed by atoms with van der Waals surface area (Å²) in [5, 5.41) is 0. The zero-order valence-corrected chi connectivity index (χ0v) is 10.5. The van der Waals surface area contributed by atoms with Crippen molar-refractivity contribution >= 4 is 21.6 Å². The molecule has 1 unspecified atom stereocenters. The van der Waals surface area contributed by atoms with E-state index >= 15 is 0 Å². The van der Waals surface area contributed by atoms with E-state index in [0.29, 0.717) is 5.92 Å². The smallest absolute Gasteiger partial charge is 0.137 e. The van der Waals surface area contributed by atoms with Crippen LogP contribution in [0.4, 0.5) is 0 Å².